The maximum Gasteiger partial charge on any atom is 0.272 e. The minimum absolute atomic E-state index is 0.0421. The number of carbonyl (C=O) groups is 4. The summed E-state index contributed by atoms with van der Waals surface area (Å²) in [5.74, 6) is -3.45. The Morgan fingerprint density at radius 2 is 1.89 bits per heavy atom. The van der Waals surface area contributed by atoms with Gasteiger partial charge in [-0.15, -0.1) is 0 Å². The summed E-state index contributed by atoms with van der Waals surface area (Å²) in [5, 5.41) is 9.61. The molecule has 4 aliphatic rings. The molecule has 2 aliphatic carbocycles. The van der Waals surface area contributed by atoms with E-state index in [0.29, 0.717) is 31.1 Å². The molecule has 57 heavy (non-hydrogen) atoms. The van der Waals surface area contributed by atoms with Crippen LogP contribution < -0.4 is 29.6 Å². The molecule has 0 unspecified atom stereocenters. The molecule has 2 saturated carbocycles. The van der Waals surface area contributed by atoms with E-state index < -0.39 is 74.4 Å². The first-order valence-electron chi connectivity index (χ1n) is 19.4. The van der Waals surface area contributed by atoms with E-state index in [1.54, 1.807) is 33.2 Å². The zero-order valence-electron chi connectivity index (χ0n) is 32.3. The molecule has 5 atom stereocenters. The molecule has 0 radical (unpaired) electrons. The molecule has 1 aromatic carbocycles. The largest absolute Gasteiger partial charge is 0.491 e. The van der Waals surface area contributed by atoms with E-state index >= 15 is 0 Å². The van der Waals surface area contributed by atoms with E-state index in [-0.39, 0.29) is 60.5 Å². The summed E-state index contributed by atoms with van der Waals surface area (Å²) in [7, 11) is -0.942. The van der Waals surface area contributed by atoms with Crippen LogP contribution in [0.3, 0.4) is 0 Å². The van der Waals surface area contributed by atoms with Crippen molar-refractivity contribution < 1.29 is 46.2 Å². The fourth-order valence-corrected chi connectivity index (χ4v) is 8.94. The zero-order chi connectivity index (χ0) is 40.6. The lowest BCUT2D eigenvalue weighted by molar-refractivity contribution is -0.141. The second-order valence-corrected chi connectivity index (χ2v) is 17.5. The number of rotatable bonds is 10. The summed E-state index contributed by atoms with van der Waals surface area (Å²) < 4.78 is 62.1. The van der Waals surface area contributed by atoms with E-state index in [9.17, 15) is 32.0 Å². The maximum absolute atomic E-state index is 14.9. The molecule has 2 aliphatic heterocycles. The van der Waals surface area contributed by atoms with Crippen molar-refractivity contribution in [2.75, 3.05) is 13.7 Å². The maximum atomic E-state index is 14.9. The lowest BCUT2D eigenvalue weighted by Crippen LogP contribution is -2.58. The smallest absolute Gasteiger partial charge is 0.272 e. The molecule has 306 valence electrons. The van der Waals surface area contributed by atoms with Gasteiger partial charge in [0, 0.05) is 37.0 Å². The lowest BCUT2D eigenvalue weighted by atomic mass is 10.0. The van der Waals surface area contributed by atoms with Crippen molar-refractivity contribution in [3.63, 3.8) is 0 Å². The normalized spacial score (nSPS) is 26.0. The van der Waals surface area contributed by atoms with Gasteiger partial charge in [-0.25, -0.2) is 17.8 Å². The Balaban J connectivity index is 1.23. The number of hydrogen-bond acceptors (Lipinski definition) is 11. The van der Waals surface area contributed by atoms with Crippen LogP contribution in [0.4, 0.5) is 4.39 Å². The number of nitrogens with one attached hydrogen (secondary N) is 3. The lowest BCUT2D eigenvalue weighted by Gasteiger charge is -2.29. The van der Waals surface area contributed by atoms with Gasteiger partial charge < -0.3 is 29.7 Å². The van der Waals surface area contributed by atoms with Crippen molar-refractivity contribution in [3.8, 4) is 17.4 Å². The van der Waals surface area contributed by atoms with E-state index in [4.69, 9.17) is 14.2 Å². The van der Waals surface area contributed by atoms with Crippen LogP contribution >= 0.6 is 0 Å². The van der Waals surface area contributed by atoms with Crippen LogP contribution in [0.15, 0.2) is 42.6 Å². The first-order chi connectivity index (χ1) is 27.2. The topological polar surface area (TPSA) is 200 Å². The third-order valence-electron chi connectivity index (χ3n) is 10.8. The van der Waals surface area contributed by atoms with Gasteiger partial charge in [0.2, 0.25) is 27.7 Å². The highest BCUT2D eigenvalue weighted by Gasteiger charge is 2.62. The molecule has 1 saturated heterocycles. The fraction of sp³-hybridized carbons (Fsp3) is 0.538. The SMILES string of the molecule is COc1c(F)ccc2c(O[C@@H]3C[C@H]4C(=O)N[C@]5(C(=O)NS(=O)(=O)C6CC6)C[C@H]5/C=C\CCCCC[C@H](NC(=O)c5ccn(C)n5)C(=O)N4C3)cc(OC(C)C)nc12. The first-order valence-corrected chi connectivity index (χ1v) is 20.9. The van der Waals surface area contributed by atoms with E-state index in [1.807, 2.05) is 12.2 Å². The summed E-state index contributed by atoms with van der Waals surface area (Å²) in [5.41, 5.74) is -1.29. The Kier molecular flexibility index (Phi) is 11.2. The molecule has 3 fully saturated rings. The number of hydrogen-bond donors (Lipinski definition) is 3. The highest BCUT2D eigenvalue weighted by molar-refractivity contribution is 7.91. The highest BCUT2D eigenvalue weighted by atomic mass is 32.2. The Hall–Kier alpha value is -5.26. The standard InChI is InChI=1S/C39H48FN7O9S/c1-22(2)55-32-19-31(26-14-15-27(40)34(54-4)33(26)42-32)56-24-18-30-36(49)43-39(38(51)45-57(52,53)25-12-13-25)20-23(39)10-8-6-5-7-9-11-29(37(50)47(30)21-24)41-35(48)28-16-17-46(3)44-28/h8,10,14-17,19,22-25,29-30H,5-7,9,11-13,18,20-21H2,1-4H3,(H,41,48)(H,43,49)(H,45,51)/b10-8-/t23-,24-,29+,30+,39-/m1/s1. The quantitative estimate of drug-likeness (QED) is 0.255. The number of halogens is 1. The van der Waals surface area contributed by atoms with Crippen LogP contribution in [0.1, 0.15) is 82.1 Å². The molecule has 3 N–H and O–H groups in total. The average molecular weight is 810 g/mol. The molecule has 18 heteroatoms. The van der Waals surface area contributed by atoms with Gasteiger partial charge in [0.05, 0.1) is 25.0 Å². The number of carbonyl (C=O) groups excluding carboxylic acids is 4. The Morgan fingerprint density at radius 3 is 2.60 bits per heavy atom. The zero-order valence-corrected chi connectivity index (χ0v) is 33.1. The van der Waals surface area contributed by atoms with Gasteiger partial charge in [-0.1, -0.05) is 25.0 Å². The van der Waals surface area contributed by atoms with Crippen molar-refractivity contribution in [3.05, 3.63) is 54.1 Å². The summed E-state index contributed by atoms with van der Waals surface area (Å²) >= 11 is 0. The molecular weight excluding hydrogens is 762 g/mol. The van der Waals surface area contributed by atoms with Gasteiger partial charge in [0.15, 0.2) is 11.6 Å². The number of pyridine rings is 1. The Labute approximate surface area is 329 Å². The molecule has 0 spiro atoms. The summed E-state index contributed by atoms with van der Waals surface area (Å²) in [6.45, 7) is 3.51. The van der Waals surface area contributed by atoms with Gasteiger partial charge in [-0.2, -0.15) is 5.10 Å². The Bertz CT molecular complexity index is 2210. The summed E-state index contributed by atoms with van der Waals surface area (Å²) in [4.78, 5) is 62.1. The monoisotopic (exact) mass is 809 g/mol. The van der Waals surface area contributed by atoms with Crippen molar-refractivity contribution in [2.24, 2.45) is 13.0 Å². The van der Waals surface area contributed by atoms with Crippen LogP contribution in [0.25, 0.3) is 10.9 Å². The van der Waals surface area contributed by atoms with Gasteiger partial charge in [-0.05, 0) is 70.6 Å². The van der Waals surface area contributed by atoms with Gasteiger partial charge in [0.1, 0.15) is 40.7 Å². The summed E-state index contributed by atoms with van der Waals surface area (Å²) in [6, 6.07) is 3.56. The molecule has 7 rings (SSSR count). The van der Waals surface area contributed by atoms with Crippen LogP contribution in [-0.4, -0.2) is 100 Å². The van der Waals surface area contributed by atoms with Crippen molar-refractivity contribution in [1.82, 2.24) is 35.0 Å². The predicted octanol–water partition coefficient (Wildman–Crippen LogP) is 3.05. The minimum atomic E-state index is -3.93. The number of nitrogens with zero attached hydrogens (tertiary/aromatic N) is 4. The third-order valence-corrected chi connectivity index (χ3v) is 12.6. The molecule has 2 aromatic heterocycles. The predicted molar refractivity (Wildman–Crippen MR) is 204 cm³/mol. The van der Waals surface area contributed by atoms with E-state index in [1.165, 1.54) is 34.9 Å². The third kappa shape index (κ3) is 8.55. The van der Waals surface area contributed by atoms with Crippen LogP contribution in [0.5, 0.6) is 17.4 Å². The molecule has 4 amide bonds. The van der Waals surface area contributed by atoms with Crippen LogP contribution in [-0.2, 0) is 31.5 Å². The number of allylic oxidation sites excluding steroid dienone is 1. The molecule has 0 bridgehead atoms. The van der Waals surface area contributed by atoms with Gasteiger partial charge >= 0.3 is 0 Å². The van der Waals surface area contributed by atoms with E-state index in [0.717, 1.165) is 12.8 Å². The first kappa shape index (κ1) is 40.0. The molecule has 16 nitrogen and oxygen atoms in total. The van der Waals surface area contributed by atoms with Crippen molar-refractivity contribution in [1.29, 1.82) is 0 Å². The number of sulfonamides is 1. The average Bonchev–Trinajstić information content (AvgIpc) is 4.04. The fourth-order valence-electron chi connectivity index (χ4n) is 7.58. The molecular formula is C39H48FN7O9S. The van der Waals surface area contributed by atoms with Crippen molar-refractivity contribution >= 4 is 44.6 Å². The number of fused-ring (bicyclic) bond motifs is 3. The number of benzene rings is 1. The number of aromatic nitrogens is 3. The molecule has 4 heterocycles. The number of amides is 4. The Morgan fingerprint density at radius 1 is 1.11 bits per heavy atom. The second-order valence-electron chi connectivity index (χ2n) is 15.5. The van der Waals surface area contributed by atoms with Crippen LogP contribution in [0, 0.1) is 11.7 Å². The van der Waals surface area contributed by atoms with Crippen molar-refractivity contribution in [2.45, 2.75) is 107 Å². The summed E-state index contributed by atoms with van der Waals surface area (Å²) in [6.07, 6.45) is 8.32. The van der Waals surface area contributed by atoms with Gasteiger partial charge in [-0.3, -0.25) is 28.6 Å². The van der Waals surface area contributed by atoms with E-state index in [2.05, 4.69) is 25.4 Å². The second kappa shape index (κ2) is 15.9. The molecule has 3 aromatic rings. The van der Waals surface area contributed by atoms with Gasteiger partial charge in [0.25, 0.3) is 11.8 Å². The number of methoxy groups -OCH3 is 1. The minimum Gasteiger partial charge on any atom is -0.491 e. The number of aryl methyl sites for hydroxylation is 1. The van der Waals surface area contributed by atoms with Crippen LogP contribution in [0.2, 0.25) is 0 Å². The number of ether oxygens (including phenoxy) is 3. The highest BCUT2D eigenvalue weighted by Crippen LogP contribution is 2.46.